The van der Waals surface area contributed by atoms with Crippen molar-refractivity contribution >= 4 is 22.9 Å². The Hall–Kier alpha value is -2.70. The maximum Gasteiger partial charge on any atom is 0.229 e. The Morgan fingerprint density at radius 3 is 2.71 bits per heavy atom. The molecule has 0 radical (unpaired) electrons. The van der Waals surface area contributed by atoms with Gasteiger partial charge < -0.3 is 25.4 Å². The summed E-state index contributed by atoms with van der Waals surface area (Å²) in [5.74, 6) is 7.39. The molecule has 9 nitrogen and oxygen atoms in total. The van der Waals surface area contributed by atoms with Gasteiger partial charge in [0.15, 0.2) is 17.0 Å². The Balaban J connectivity index is 1.53. The first-order valence-corrected chi connectivity index (χ1v) is 11.0. The Labute approximate surface area is 180 Å². The van der Waals surface area contributed by atoms with Crippen LogP contribution in [0.3, 0.4) is 0 Å². The molecular weight excluding hydrogens is 396 g/mol. The minimum Gasteiger partial charge on any atom is -0.389 e. The fourth-order valence-corrected chi connectivity index (χ4v) is 5.57. The number of amides is 1. The summed E-state index contributed by atoms with van der Waals surface area (Å²) in [6.07, 6.45) is 5.84. The van der Waals surface area contributed by atoms with Crippen LogP contribution in [0.5, 0.6) is 0 Å². The second-order valence-corrected chi connectivity index (χ2v) is 8.93. The van der Waals surface area contributed by atoms with Crippen LogP contribution >= 0.6 is 0 Å². The third-order valence-corrected chi connectivity index (χ3v) is 7.30. The van der Waals surface area contributed by atoms with E-state index in [4.69, 9.17) is 0 Å². The van der Waals surface area contributed by atoms with Crippen molar-refractivity contribution < 1.29 is 15.0 Å². The van der Waals surface area contributed by atoms with Crippen LogP contribution in [0, 0.1) is 29.1 Å². The summed E-state index contributed by atoms with van der Waals surface area (Å²) >= 11 is 0. The second kappa shape index (κ2) is 7.46. The van der Waals surface area contributed by atoms with Crippen LogP contribution in [0.25, 0.3) is 11.2 Å². The van der Waals surface area contributed by atoms with Gasteiger partial charge in [0, 0.05) is 25.9 Å². The van der Waals surface area contributed by atoms with E-state index in [1.165, 1.54) is 19.3 Å². The molecule has 0 saturated heterocycles. The van der Waals surface area contributed by atoms with E-state index in [1.807, 2.05) is 0 Å². The highest BCUT2D eigenvalue weighted by Crippen LogP contribution is 2.67. The topological polar surface area (TPSA) is 125 Å². The number of aliphatic hydroxyl groups excluding tert-OH is 2. The maximum atomic E-state index is 12.4. The summed E-state index contributed by atoms with van der Waals surface area (Å²) in [6, 6.07) is -0.490. The Morgan fingerprint density at radius 1 is 1.23 bits per heavy atom. The standard InChI is InChI=1S/C22H28N6O3/c1-23-19-15-20(27-14(26-19)9-8-12-6-4-3-5-7-12)28(11-25-15)16-13-10-22(13,21(31)24-2)18(30)17(16)29/h11-13,16-18,29-30H,3-7,10H2,1-2H3,(H,24,31)(H,23,26,27)/t13-,16-,17+,18+,22+/m1/s1. The lowest BCUT2D eigenvalue weighted by Crippen LogP contribution is -2.41. The molecule has 3 aliphatic carbocycles. The molecule has 2 heterocycles. The first-order chi connectivity index (χ1) is 15.0. The average molecular weight is 425 g/mol. The number of rotatable bonds is 3. The molecule has 5 atom stereocenters. The van der Waals surface area contributed by atoms with Crippen molar-refractivity contribution in [1.29, 1.82) is 0 Å². The van der Waals surface area contributed by atoms with Crippen molar-refractivity contribution in [2.45, 2.75) is 56.8 Å². The highest BCUT2D eigenvalue weighted by molar-refractivity contribution is 5.88. The molecular formula is C22H28N6O3. The molecule has 0 aliphatic heterocycles. The van der Waals surface area contributed by atoms with Gasteiger partial charge in [0.2, 0.25) is 11.7 Å². The number of anilines is 1. The number of nitrogens with zero attached hydrogens (tertiary/aromatic N) is 4. The molecule has 3 saturated carbocycles. The summed E-state index contributed by atoms with van der Waals surface area (Å²) < 4.78 is 1.78. The fraction of sp³-hybridized carbons (Fsp3) is 0.636. The monoisotopic (exact) mass is 424 g/mol. The van der Waals surface area contributed by atoms with E-state index < -0.39 is 23.7 Å². The van der Waals surface area contributed by atoms with E-state index in [1.54, 1.807) is 25.0 Å². The third-order valence-electron chi connectivity index (χ3n) is 7.30. The zero-order valence-corrected chi connectivity index (χ0v) is 17.8. The van der Waals surface area contributed by atoms with Crippen LogP contribution in [-0.2, 0) is 4.79 Å². The van der Waals surface area contributed by atoms with Crippen LogP contribution in [0.2, 0.25) is 0 Å². The molecule has 4 N–H and O–H groups in total. The smallest absolute Gasteiger partial charge is 0.229 e. The lowest BCUT2D eigenvalue weighted by Gasteiger charge is -2.23. The quantitative estimate of drug-likeness (QED) is 0.538. The highest BCUT2D eigenvalue weighted by atomic mass is 16.3. The Bertz CT molecular complexity index is 1080. The Kier molecular flexibility index (Phi) is 4.87. The van der Waals surface area contributed by atoms with Gasteiger partial charge in [0.1, 0.15) is 6.10 Å². The molecule has 31 heavy (non-hydrogen) atoms. The molecule has 2 aromatic rings. The minimum atomic E-state index is -1.13. The van der Waals surface area contributed by atoms with Crippen molar-refractivity contribution in [3.63, 3.8) is 0 Å². The molecule has 2 aromatic heterocycles. The van der Waals surface area contributed by atoms with Crippen LogP contribution in [0.4, 0.5) is 5.82 Å². The van der Waals surface area contributed by atoms with Crippen LogP contribution in [-0.4, -0.2) is 61.9 Å². The molecule has 0 spiro atoms. The first-order valence-electron chi connectivity index (χ1n) is 11.0. The average Bonchev–Trinajstić information content (AvgIpc) is 3.34. The summed E-state index contributed by atoms with van der Waals surface area (Å²) in [5.41, 5.74) is 0.173. The summed E-state index contributed by atoms with van der Waals surface area (Å²) in [7, 11) is 3.32. The molecule has 5 rings (SSSR count). The number of aromatic nitrogens is 4. The van der Waals surface area contributed by atoms with Crippen molar-refractivity contribution in [2.75, 3.05) is 19.4 Å². The van der Waals surface area contributed by atoms with Gasteiger partial charge in [-0.05, 0) is 25.2 Å². The third kappa shape index (κ3) is 3.00. The van der Waals surface area contributed by atoms with E-state index in [0.29, 0.717) is 35.1 Å². The number of carbonyl (C=O) groups excluding carboxylic acids is 1. The molecule has 0 unspecified atom stereocenters. The zero-order valence-electron chi connectivity index (χ0n) is 17.8. The van der Waals surface area contributed by atoms with Crippen molar-refractivity contribution in [3.8, 4) is 11.8 Å². The molecule has 9 heteroatoms. The van der Waals surface area contributed by atoms with E-state index in [2.05, 4.69) is 37.4 Å². The van der Waals surface area contributed by atoms with Crippen LogP contribution < -0.4 is 10.6 Å². The number of aliphatic hydroxyl groups is 2. The minimum absolute atomic E-state index is 0.181. The number of fused-ring (bicyclic) bond motifs is 2. The Morgan fingerprint density at radius 2 is 2.00 bits per heavy atom. The number of imidazole rings is 1. The van der Waals surface area contributed by atoms with Gasteiger partial charge in [0.25, 0.3) is 0 Å². The van der Waals surface area contributed by atoms with E-state index in [9.17, 15) is 15.0 Å². The SMILES string of the molecule is CNC(=O)[C@@]12C[C@@H]1[C@@H](n1cnc3c(NC)nc(C#CC4CCCCC4)nc31)[C@H](O)[C@@H]2O. The predicted octanol–water partition coefficient (Wildman–Crippen LogP) is 0.829. The van der Waals surface area contributed by atoms with E-state index in [0.717, 1.165) is 12.8 Å². The number of hydrogen-bond donors (Lipinski definition) is 4. The van der Waals surface area contributed by atoms with Crippen molar-refractivity contribution in [3.05, 3.63) is 12.2 Å². The van der Waals surface area contributed by atoms with Gasteiger partial charge in [-0.2, -0.15) is 0 Å². The molecule has 1 amide bonds. The molecule has 0 aromatic carbocycles. The lowest BCUT2D eigenvalue weighted by molar-refractivity contribution is -0.132. The van der Waals surface area contributed by atoms with E-state index in [-0.39, 0.29) is 11.8 Å². The maximum absolute atomic E-state index is 12.4. The summed E-state index contributed by atoms with van der Waals surface area (Å²) in [4.78, 5) is 26.1. The molecule has 0 bridgehead atoms. The normalized spacial score (nSPS) is 32.3. The molecule has 164 valence electrons. The van der Waals surface area contributed by atoms with Crippen molar-refractivity contribution in [1.82, 2.24) is 24.8 Å². The largest absolute Gasteiger partial charge is 0.389 e. The highest BCUT2D eigenvalue weighted by Gasteiger charge is 2.75. The van der Waals surface area contributed by atoms with Crippen LogP contribution in [0.1, 0.15) is 50.4 Å². The first kappa shape index (κ1) is 20.2. The van der Waals surface area contributed by atoms with Gasteiger partial charge in [-0.3, -0.25) is 4.79 Å². The summed E-state index contributed by atoms with van der Waals surface area (Å²) in [6.45, 7) is 0. The second-order valence-electron chi connectivity index (χ2n) is 8.93. The van der Waals surface area contributed by atoms with Gasteiger partial charge in [-0.15, -0.1) is 0 Å². The van der Waals surface area contributed by atoms with Gasteiger partial charge >= 0.3 is 0 Å². The van der Waals surface area contributed by atoms with E-state index >= 15 is 0 Å². The molecule has 3 fully saturated rings. The van der Waals surface area contributed by atoms with Gasteiger partial charge in [0.05, 0.1) is 23.9 Å². The van der Waals surface area contributed by atoms with Gasteiger partial charge in [-0.25, -0.2) is 15.0 Å². The fourth-order valence-electron chi connectivity index (χ4n) is 5.57. The van der Waals surface area contributed by atoms with Crippen molar-refractivity contribution in [2.24, 2.45) is 17.3 Å². The number of carbonyl (C=O) groups is 1. The lowest BCUT2D eigenvalue weighted by atomic mass is 9.90. The zero-order chi connectivity index (χ0) is 21.8. The number of nitrogens with one attached hydrogen (secondary N) is 2. The molecule has 3 aliphatic rings. The van der Waals surface area contributed by atoms with Gasteiger partial charge in [-0.1, -0.05) is 25.2 Å². The predicted molar refractivity (Wildman–Crippen MR) is 114 cm³/mol. The summed E-state index contributed by atoms with van der Waals surface area (Å²) in [5, 5.41) is 27.2. The number of hydrogen-bond acceptors (Lipinski definition) is 7. The van der Waals surface area contributed by atoms with Crippen LogP contribution in [0.15, 0.2) is 6.33 Å².